The second kappa shape index (κ2) is 6.92. The lowest BCUT2D eigenvalue weighted by molar-refractivity contribution is 0.532. The van der Waals surface area contributed by atoms with Crippen molar-refractivity contribution in [1.29, 1.82) is 0 Å². The van der Waals surface area contributed by atoms with E-state index in [4.69, 9.17) is 17.3 Å². The molecule has 2 heteroatoms. The third-order valence-corrected chi connectivity index (χ3v) is 4.00. The molecule has 0 aliphatic carbocycles. The van der Waals surface area contributed by atoms with Gasteiger partial charge in [-0.25, -0.2) is 0 Å². The minimum absolute atomic E-state index is 0.453. The normalized spacial score (nSPS) is 12.4. The smallest absolute Gasteiger partial charge is 0.0408 e. The Labute approximate surface area is 126 Å². The Balaban J connectivity index is 2.11. The summed E-state index contributed by atoms with van der Waals surface area (Å²) in [5, 5.41) is 0.796. The standard InChI is InChI=1S/C18H22ClN/c1-13-6-7-14(2)17(8-13)10-16(12-20)9-15-4-3-5-18(19)11-15/h3-8,11,16H,9-10,12,20H2,1-2H3. The van der Waals surface area contributed by atoms with Gasteiger partial charge in [0.25, 0.3) is 0 Å². The number of hydrogen-bond donors (Lipinski definition) is 1. The predicted molar refractivity (Wildman–Crippen MR) is 87.3 cm³/mol. The van der Waals surface area contributed by atoms with Crippen LogP contribution in [0.1, 0.15) is 22.3 Å². The molecule has 106 valence electrons. The number of nitrogens with two attached hydrogens (primary N) is 1. The molecule has 0 aliphatic rings. The van der Waals surface area contributed by atoms with Gasteiger partial charge in [-0.3, -0.25) is 0 Å². The summed E-state index contributed by atoms with van der Waals surface area (Å²) in [7, 11) is 0. The maximum absolute atomic E-state index is 6.05. The van der Waals surface area contributed by atoms with Crippen molar-refractivity contribution in [2.45, 2.75) is 26.7 Å². The van der Waals surface area contributed by atoms with Gasteiger partial charge in [-0.2, -0.15) is 0 Å². The fourth-order valence-corrected chi connectivity index (χ4v) is 2.78. The van der Waals surface area contributed by atoms with Gasteiger partial charge in [-0.1, -0.05) is 47.5 Å². The summed E-state index contributed by atoms with van der Waals surface area (Å²) in [5.41, 5.74) is 11.3. The van der Waals surface area contributed by atoms with Crippen molar-refractivity contribution in [3.8, 4) is 0 Å². The highest BCUT2D eigenvalue weighted by atomic mass is 35.5. The molecule has 0 aromatic heterocycles. The van der Waals surface area contributed by atoms with Crippen molar-refractivity contribution >= 4 is 11.6 Å². The van der Waals surface area contributed by atoms with Crippen molar-refractivity contribution in [2.24, 2.45) is 11.7 Å². The highest BCUT2D eigenvalue weighted by molar-refractivity contribution is 6.30. The van der Waals surface area contributed by atoms with Gasteiger partial charge in [-0.15, -0.1) is 0 Å². The summed E-state index contributed by atoms with van der Waals surface area (Å²) in [6.07, 6.45) is 2.00. The molecule has 0 saturated carbocycles. The molecule has 0 amide bonds. The van der Waals surface area contributed by atoms with Crippen LogP contribution in [-0.4, -0.2) is 6.54 Å². The molecule has 0 heterocycles. The zero-order chi connectivity index (χ0) is 14.5. The van der Waals surface area contributed by atoms with E-state index in [-0.39, 0.29) is 0 Å². The van der Waals surface area contributed by atoms with Gasteiger partial charge in [0.1, 0.15) is 0 Å². The summed E-state index contributed by atoms with van der Waals surface area (Å²) in [5.74, 6) is 0.453. The van der Waals surface area contributed by atoms with E-state index in [0.29, 0.717) is 12.5 Å². The highest BCUT2D eigenvalue weighted by Gasteiger charge is 2.11. The van der Waals surface area contributed by atoms with Gasteiger partial charge in [0.2, 0.25) is 0 Å². The van der Waals surface area contributed by atoms with E-state index in [0.717, 1.165) is 17.9 Å². The van der Waals surface area contributed by atoms with E-state index in [9.17, 15) is 0 Å². The van der Waals surface area contributed by atoms with Gasteiger partial charge in [0, 0.05) is 5.02 Å². The first-order valence-corrected chi connectivity index (χ1v) is 7.47. The molecule has 0 bridgehead atoms. The molecule has 1 nitrogen and oxygen atoms in total. The van der Waals surface area contributed by atoms with E-state index < -0.39 is 0 Å². The monoisotopic (exact) mass is 287 g/mol. The van der Waals surface area contributed by atoms with Crippen LogP contribution >= 0.6 is 11.6 Å². The maximum Gasteiger partial charge on any atom is 0.0408 e. The first-order chi connectivity index (χ1) is 9.58. The predicted octanol–water partition coefficient (Wildman–Crippen LogP) is 4.32. The zero-order valence-electron chi connectivity index (χ0n) is 12.2. The molecule has 0 radical (unpaired) electrons. The van der Waals surface area contributed by atoms with E-state index in [2.05, 4.69) is 38.1 Å². The zero-order valence-corrected chi connectivity index (χ0v) is 13.0. The summed E-state index contributed by atoms with van der Waals surface area (Å²) >= 11 is 6.05. The van der Waals surface area contributed by atoms with Crippen molar-refractivity contribution in [1.82, 2.24) is 0 Å². The van der Waals surface area contributed by atoms with Crippen molar-refractivity contribution < 1.29 is 0 Å². The van der Waals surface area contributed by atoms with Crippen LogP contribution in [0.25, 0.3) is 0 Å². The Hall–Kier alpha value is -1.31. The van der Waals surface area contributed by atoms with Crippen LogP contribution in [0.3, 0.4) is 0 Å². The molecule has 0 saturated heterocycles. The van der Waals surface area contributed by atoms with Crippen molar-refractivity contribution in [3.05, 3.63) is 69.7 Å². The Kier molecular flexibility index (Phi) is 5.22. The molecule has 1 atom stereocenters. The Morgan fingerprint density at radius 1 is 1.05 bits per heavy atom. The van der Waals surface area contributed by atoms with Crippen LogP contribution in [0.4, 0.5) is 0 Å². The second-order valence-corrected chi connectivity index (χ2v) is 6.01. The topological polar surface area (TPSA) is 26.0 Å². The Morgan fingerprint density at radius 3 is 2.55 bits per heavy atom. The molecule has 20 heavy (non-hydrogen) atoms. The number of rotatable bonds is 5. The number of benzene rings is 2. The lowest BCUT2D eigenvalue weighted by atomic mass is 9.90. The van der Waals surface area contributed by atoms with Crippen LogP contribution < -0.4 is 5.73 Å². The van der Waals surface area contributed by atoms with Crippen LogP contribution in [0.5, 0.6) is 0 Å². The number of hydrogen-bond acceptors (Lipinski definition) is 1. The average molecular weight is 288 g/mol. The van der Waals surface area contributed by atoms with Gasteiger partial charge < -0.3 is 5.73 Å². The first-order valence-electron chi connectivity index (χ1n) is 7.09. The van der Waals surface area contributed by atoms with E-state index in [1.54, 1.807) is 0 Å². The third kappa shape index (κ3) is 4.09. The molecular weight excluding hydrogens is 266 g/mol. The summed E-state index contributed by atoms with van der Waals surface area (Å²) in [4.78, 5) is 0. The molecule has 2 N–H and O–H groups in total. The minimum atomic E-state index is 0.453. The Bertz CT molecular complexity index is 577. The largest absolute Gasteiger partial charge is 0.330 e. The van der Waals surface area contributed by atoms with Gasteiger partial charge in [0.05, 0.1) is 0 Å². The summed E-state index contributed by atoms with van der Waals surface area (Å²) in [6, 6.07) is 14.7. The van der Waals surface area contributed by atoms with Crippen LogP contribution in [-0.2, 0) is 12.8 Å². The molecule has 0 aliphatic heterocycles. The average Bonchev–Trinajstić information content (AvgIpc) is 2.42. The van der Waals surface area contributed by atoms with E-state index in [1.807, 2.05) is 18.2 Å². The minimum Gasteiger partial charge on any atom is -0.330 e. The molecule has 2 aromatic carbocycles. The third-order valence-electron chi connectivity index (χ3n) is 3.76. The summed E-state index contributed by atoms with van der Waals surface area (Å²) in [6.45, 7) is 5.00. The fourth-order valence-electron chi connectivity index (χ4n) is 2.57. The van der Waals surface area contributed by atoms with Crippen LogP contribution in [0.2, 0.25) is 5.02 Å². The van der Waals surface area contributed by atoms with Gasteiger partial charge >= 0.3 is 0 Å². The highest BCUT2D eigenvalue weighted by Crippen LogP contribution is 2.19. The molecule has 1 unspecified atom stereocenters. The van der Waals surface area contributed by atoms with Crippen molar-refractivity contribution in [2.75, 3.05) is 6.54 Å². The van der Waals surface area contributed by atoms with Gasteiger partial charge in [0.15, 0.2) is 0 Å². The van der Waals surface area contributed by atoms with E-state index >= 15 is 0 Å². The second-order valence-electron chi connectivity index (χ2n) is 5.57. The molecule has 0 spiro atoms. The quantitative estimate of drug-likeness (QED) is 0.871. The van der Waals surface area contributed by atoms with Crippen LogP contribution in [0, 0.1) is 19.8 Å². The SMILES string of the molecule is Cc1ccc(C)c(CC(CN)Cc2cccc(Cl)c2)c1. The van der Waals surface area contributed by atoms with E-state index in [1.165, 1.54) is 22.3 Å². The lowest BCUT2D eigenvalue weighted by Gasteiger charge is -2.17. The molecular formula is C18H22ClN. The van der Waals surface area contributed by atoms with Gasteiger partial charge in [-0.05, 0) is 68.0 Å². The maximum atomic E-state index is 6.05. The lowest BCUT2D eigenvalue weighted by Crippen LogP contribution is -2.19. The molecule has 2 aromatic rings. The summed E-state index contributed by atoms with van der Waals surface area (Å²) < 4.78 is 0. The van der Waals surface area contributed by atoms with Crippen molar-refractivity contribution in [3.63, 3.8) is 0 Å². The molecule has 2 rings (SSSR count). The first kappa shape index (κ1) is 15.1. The Morgan fingerprint density at radius 2 is 1.85 bits per heavy atom. The molecule has 0 fully saturated rings. The number of halogens is 1. The van der Waals surface area contributed by atoms with Crippen LogP contribution in [0.15, 0.2) is 42.5 Å². The number of aryl methyl sites for hydroxylation is 2. The fraction of sp³-hybridized carbons (Fsp3) is 0.333.